The van der Waals surface area contributed by atoms with Crippen LogP contribution in [0.2, 0.25) is 0 Å². The summed E-state index contributed by atoms with van der Waals surface area (Å²) in [7, 11) is 0. The molecule has 0 aliphatic rings. The third-order valence-corrected chi connectivity index (χ3v) is 12.8. The van der Waals surface area contributed by atoms with Gasteiger partial charge in [-0.1, -0.05) is 152 Å². The van der Waals surface area contributed by atoms with Crippen molar-refractivity contribution in [3.8, 4) is 84.2 Å². The van der Waals surface area contributed by atoms with Gasteiger partial charge in [0.15, 0.2) is 0 Å². The number of pyridine rings is 2. The highest BCUT2D eigenvalue weighted by Gasteiger charge is 2.24. The minimum Gasteiger partial charge on any atom is -0.507 e. The minimum absolute atomic E-state index is 0.189. The molecule has 318 valence electrons. The highest BCUT2D eigenvalue weighted by molar-refractivity contribution is 6.10. The van der Waals surface area contributed by atoms with Gasteiger partial charge in [0.25, 0.3) is 0 Å². The Morgan fingerprint density at radius 1 is 0.418 bits per heavy atom. The van der Waals surface area contributed by atoms with Crippen molar-refractivity contribution in [2.24, 2.45) is 0 Å². The first-order valence-electron chi connectivity index (χ1n) is 22.6. The summed E-state index contributed by atoms with van der Waals surface area (Å²) in [6.45, 7) is 2.75. The van der Waals surface area contributed by atoms with Crippen LogP contribution in [0.1, 0.15) is 11.3 Å². The maximum Gasteiger partial charge on any atom is 0.136 e. The molecule has 12 rings (SSSR count). The molecule has 0 spiro atoms. The standard InChI is InChI=1S/C62H43N3O2/c1-40-32-49(37-54(63-40)45-22-15-23-46(33-45)55-35-48(43-20-9-4-10-21-43)36-56(64-55)52-25-11-13-26-58(52)66)62-61(47-28-30-51-50-24-12-14-27-59(50)67-60(51)38-47)53-34-44(42-18-7-3-8-19-42)29-31-57(53)65(62)39-41-16-5-2-6-17-41/h2-38,66H,39H2,1H3. The predicted molar refractivity (Wildman–Crippen MR) is 275 cm³/mol. The Morgan fingerprint density at radius 3 is 1.81 bits per heavy atom. The average molecular weight is 862 g/mol. The van der Waals surface area contributed by atoms with Gasteiger partial charge in [0.1, 0.15) is 16.9 Å². The molecular weight excluding hydrogens is 819 g/mol. The molecule has 0 saturated carbocycles. The van der Waals surface area contributed by atoms with Crippen molar-refractivity contribution in [3.05, 3.63) is 236 Å². The van der Waals surface area contributed by atoms with Crippen LogP contribution in [0.4, 0.5) is 0 Å². The zero-order chi connectivity index (χ0) is 44.8. The van der Waals surface area contributed by atoms with E-state index in [0.29, 0.717) is 17.8 Å². The fourth-order valence-corrected chi connectivity index (χ4v) is 9.66. The van der Waals surface area contributed by atoms with E-state index in [2.05, 4.69) is 175 Å². The van der Waals surface area contributed by atoms with E-state index in [1.165, 1.54) is 11.1 Å². The van der Waals surface area contributed by atoms with Crippen molar-refractivity contribution in [1.29, 1.82) is 0 Å². The number of phenols is 1. The Bertz CT molecular complexity index is 3800. The third kappa shape index (κ3) is 7.43. The fourth-order valence-electron chi connectivity index (χ4n) is 9.66. The summed E-state index contributed by atoms with van der Waals surface area (Å²) >= 11 is 0. The molecule has 0 bridgehead atoms. The molecule has 1 N–H and O–H groups in total. The van der Waals surface area contributed by atoms with E-state index in [-0.39, 0.29) is 5.75 Å². The van der Waals surface area contributed by atoms with Crippen LogP contribution < -0.4 is 0 Å². The van der Waals surface area contributed by atoms with E-state index >= 15 is 0 Å². The number of rotatable bonds is 9. The minimum atomic E-state index is 0.189. The molecule has 8 aromatic carbocycles. The molecule has 0 unspecified atom stereocenters. The number of nitrogens with zero attached hydrogens (tertiary/aromatic N) is 3. The van der Waals surface area contributed by atoms with Crippen molar-refractivity contribution in [3.63, 3.8) is 0 Å². The van der Waals surface area contributed by atoms with Crippen LogP contribution >= 0.6 is 0 Å². The Kier molecular flexibility index (Phi) is 9.88. The van der Waals surface area contributed by atoms with Crippen LogP contribution in [-0.2, 0) is 6.54 Å². The largest absolute Gasteiger partial charge is 0.507 e. The molecule has 67 heavy (non-hydrogen) atoms. The van der Waals surface area contributed by atoms with Gasteiger partial charge in [0, 0.05) is 61.7 Å². The maximum atomic E-state index is 11.0. The highest BCUT2D eigenvalue weighted by atomic mass is 16.3. The van der Waals surface area contributed by atoms with Crippen molar-refractivity contribution in [2.75, 3.05) is 0 Å². The van der Waals surface area contributed by atoms with Gasteiger partial charge in [0.05, 0.1) is 22.8 Å². The summed E-state index contributed by atoms with van der Waals surface area (Å²) in [5.41, 5.74) is 18.7. The molecule has 0 aliphatic heterocycles. The van der Waals surface area contributed by atoms with E-state index < -0.39 is 0 Å². The second kappa shape index (κ2) is 16.6. The Hall–Kier alpha value is -8.80. The summed E-state index contributed by atoms with van der Waals surface area (Å²) in [5.74, 6) is 0.189. The number of aromatic hydroxyl groups is 1. The molecule has 0 amide bonds. The first kappa shape index (κ1) is 39.8. The Balaban J connectivity index is 1.07. The number of furan rings is 1. The molecule has 5 heteroatoms. The maximum absolute atomic E-state index is 11.0. The SMILES string of the molecule is Cc1cc(-c2c(-c3ccc4c(c3)oc3ccccc34)c3cc(-c4ccccc4)ccc3n2Cc2ccccc2)cc(-c2cccc(-c3cc(-c4ccccc4)cc(-c4ccccc4O)n3)c2)n1. The summed E-state index contributed by atoms with van der Waals surface area (Å²) in [6, 6.07) is 77.9. The molecule has 4 aromatic heterocycles. The number of hydrogen-bond acceptors (Lipinski definition) is 4. The molecule has 0 atom stereocenters. The first-order chi connectivity index (χ1) is 33.0. The van der Waals surface area contributed by atoms with Crippen molar-refractivity contribution in [2.45, 2.75) is 13.5 Å². The number of aryl methyl sites for hydroxylation is 1. The van der Waals surface area contributed by atoms with Crippen LogP contribution in [0.15, 0.2) is 229 Å². The zero-order valence-corrected chi connectivity index (χ0v) is 36.8. The zero-order valence-electron chi connectivity index (χ0n) is 36.8. The lowest BCUT2D eigenvalue weighted by atomic mass is 9.94. The lowest BCUT2D eigenvalue weighted by Crippen LogP contribution is -2.03. The second-order valence-electron chi connectivity index (χ2n) is 17.2. The van der Waals surface area contributed by atoms with Gasteiger partial charge in [-0.05, 0) is 113 Å². The number of aromatic nitrogens is 3. The van der Waals surface area contributed by atoms with Crippen LogP contribution in [-0.4, -0.2) is 19.6 Å². The number of hydrogen-bond donors (Lipinski definition) is 1. The van der Waals surface area contributed by atoms with Crippen molar-refractivity contribution >= 4 is 32.8 Å². The molecule has 5 nitrogen and oxygen atoms in total. The quantitative estimate of drug-likeness (QED) is 0.157. The predicted octanol–water partition coefficient (Wildman–Crippen LogP) is 16.1. The van der Waals surface area contributed by atoms with Crippen LogP contribution in [0.5, 0.6) is 5.75 Å². The van der Waals surface area contributed by atoms with Crippen LogP contribution in [0.25, 0.3) is 111 Å². The van der Waals surface area contributed by atoms with Gasteiger partial charge in [0.2, 0.25) is 0 Å². The fraction of sp³-hybridized carbons (Fsp3) is 0.0323. The van der Waals surface area contributed by atoms with Gasteiger partial charge in [-0.3, -0.25) is 4.98 Å². The summed E-state index contributed by atoms with van der Waals surface area (Å²) in [4.78, 5) is 10.4. The van der Waals surface area contributed by atoms with Gasteiger partial charge in [-0.2, -0.15) is 0 Å². The molecule has 0 saturated heterocycles. The van der Waals surface area contributed by atoms with E-state index in [9.17, 15) is 5.11 Å². The van der Waals surface area contributed by atoms with E-state index in [1.54, 1.807) is 6.07 Å². The monoisotopic (exact) mass is 861 g/mol. The summed E-state index contributed by atoms with van der Waals surface area (Å²) in [6.07, 6.45) is 0. The number of phenolic OH excluding ortho intramolecular Hbond substituents is 1. The lowest BCUT2D eigenvalue weighted by Gasteiger charge is -2.16. The molecule has 4 heterocycles. The number of benzene rings is 8. The molecule has 0 radical (unpaired) electrons. The van der Waals surface area contributed by atoms with Gasteiger partial charge < -0.3 is 14.1 Å². The van der Waals surface area contributed by atoms with E-state index in [0.717, 1.165) is 100 Å². The van der Waals surface area contributed by atoms with Gasteiger partial charge >= 0.3 is 0 Å². The van der Waals surface area contributed by atoms with Crippen molar-refractivity contribution < 1.29 is 9.52 Å². The van der Waals surface area contributed by atoms with Gasteiger partial charge in [-0.25, -0.2) is 4.98 Å². The van der Waals surface area contributed by atoms with Crippen LogP contribution in [0, 0.1) is 6.92 Å². The average Bonchev–Trinajstić information content (AvgIpc) is 3.91. The normalized spacial score (nSPS) is 11.5. The second-order valence-corrected chi connectivity index (χ2v) is 17.2. The van der Waals surface area contributed by atoms with E-state index in [4.69, 9.17) is 14.4 Å². The number of para-hydroxylation sites is 2. The van der Waals surface area contributed by atoms with Gasteiger partial charge in [-0.15, -0.1) is 0 Å². The Labute approximate surface area is 388 Å². The first-order valence-corrected chi connectivity index (χ1v) is 22.6. The smallest absolute Gasteiger partial charge is 0.136 e. The Morgan fingerprint density at radius 2 is 1.03 bits per heavy atom. The summed E-state index contributed by atoms with van der Waals surface area (Å²) < 4.78 is 9.03. The molecule has 0 fully saturated rings. The molecule has 12 aromatic rings. The van der Waals surface area contributed by atoms with E-state index in [1.807, 2.05) is 54.6 Å². The van der Waals surface area contributed by atoms with Crippen LogP contribution in [0.3, 0.4) is 0 Å². The lowest BCUT2D eigenvalue weighted by molar-refractivity contribution is 0.477. The topological polar surface area (TPSA) is 64.1 Å². The molecule has 0 aliphatic carbocycles. The molecular formula is C62H43N3O2. The summed E-state index contributed by atoms with van der Waals surface area (Å²) in [5, 5.41) is 14.3. The van der Waals surface area contributed by atoms with Crippen molar-refractivity contribution in [1.82, 2.24) is 14.5 Å². The third-order valence-electron chi connectivity index (χ3n) is 12.8. The number of fused-ring (bicyclic) bond motifs is 4. The highest BCUT2D eigenvalue weighted by Crippen LogP contribution is 2.45.